The van der Waals surface area contributed by atoms with Crippen LogP contribution in [0, 0.1) is 0 Å². The highest BCUT2D eigenvalue weighted by Gasteiger charge is 2.36. The first-order chi connectivity index (χ1) is 6.43. The van der Waals surface area contributed by atoms with Gasteiger partial charge in [-0.25, -0.2) is 9.59 Å². The molecule has 0 saturated carbocycles. The molecule has 1 aliphatic heterocycles. The van der Waals surface area contributed by atoms with Gasteiger partial charge >= 0.3 is 12.0 Å². The van der Waals surface area contributed by atoms with Gasteiger partial charge in [-0.3, -0.25) is 9.69 Å². The maximum absolute atomic E-state index is 11.4. The second kappa shape index (κ2) is 3.65. The predicted octanol–water partition coefficient (Wildman–Crippen LogP) is -0.210. The highest BCUT2D eigenvalue weighted by molar-refractivity contribution is 6.01. The lowest BCUT2D eigenvalue weighted by molar-refractivity contribution is -0.144. The second-order valence-electron chi connectivity index (χ2n) is 3.40. The van der Waals surface area contributed by atoms with Crippen LogP contribution >= 0.6 is 0 Å². The molecule has 0 radical (unpaired) electrons. The molecule has 0 spiro atoms. The van der Waals surface area contributed by atoms with E-state index in [2.05, 4.69) is 5.32 Å². The summed E-state index contributed by atoms with van der Waals surface area (Å²) < 4.78 is 0. The molecule has 1 saturated heterocycles. The molecule has 0 unspecified atom stereocenters. The topological polar surface area (TPSA) is 86.7 Å². The van der Waals surface area contributed by atoms with E-state index in [1.54, 1.807) is 13.8 Å². The smallest absolute Gasteiger partial charge is 0.326 e. The number of hydrogen-bond donors (Lipinski definition) is 2. The molecule has 1 aliphatic rings. The molecule has 1 fully saturated rings. The lowest BCUT2D eigenvalue weighted by atomic mass is 10.1. The van der Waals surface area contributed by atoms with Crippen LogP contribution in [-0.4, -0.2) is 40.0 Å². The lowest BCUT2D eigenvalue weighted by Crippen LogP contribution is -2.59. The number of carboxylic acid groups (broad SMARTS) is 1. The van der Waals surface area contributed by atoms with E-state index in [-0.39, 0.29) is 12.5 Å². The molecule has 3 amide bonds. The van der Waals surface area contributed by atoms with E-state index in [0.29, 0.717) is 0 Å². The molecule has 1 rings (SSSR count). The van der Waals surface area contributed by atoms with Crippen LogP contribution in [-0.2, 0) is 9.59 Å². The Morgan fingerprint density at radius 1 is 1.57 bits per heavy atom. The molecule has 2 N–H and O–H groups in total. The number of nitrogens with one attached hydrogen (secondary N) is 1. The van der Waals surface area contributed by atoms with E-state index in [0.717, 1.165) is 4.90 Å². The first kappa shape index (κ1) is 10.5. The molecule has 6 heteroatoms. The van der Waals surface area contributed by atoms with Crippen molar-refractivity contribution in [2.45, 2.75) is 32.4 Å². The van der Waals surface area contributed by atoms with E-state index in [4.69, 9.17) is 5.11 Å². The first-order valence-corrected chi connectivity index (χ1v) is 4.29. The van der Waals surface area contributed by atoms with Crippen molar-refractivity contribution < 1.29 is 19.5 Å². The number of carboxylic acids is 1. The number of imide groups is 1. The normalized spacial score (nSPS) is 22.5. The van der Waals surface area contributed by atoms with Gasteiger partial charge < -0.3 is 10.4 Å². The van der Waals surface area contributed by atoms with Crippen molar-refractivity contribution in [3.05, 3.63) is 0 Å². The van der Waals surface area contributed by atoms with E-state index in [1.165, 1.54) is 0 Å². The van der Waals surface area contributed by atoms with Gasteiger partial charge in [-0.05, 0) is 13.8 Å². The van der Waals surface area contributed by atoms with Crippen molar-refractivity contribution in [1.29, 1.82) is 0 Å². The maximum atomic E-state index is 11.4. The van der Waals surface area contributed by atoms with Gasteiger partial charge in [-0.1, -0.05) is 0 Å². The summed E-state index contributed by atoms with van der Waals surface area (Å²) in [5.41, 5.74) is 0. The quantitative estimate of drug-likeness (QED) is 0.645. The summed E-state index contributed by atoms with van der Waals surface area (Å²) >= 11 is 0. The molecule has 1 atom stereocenters. The molecule has 0 aromatic carbocycles. The Hall–Kier alpha value is -1.59. The van der Waals surface area contributed by atoms with Gasteiger partial charge in [0.15, 0.2) is 0 Å². The summed E-state index contributed by atoms with van der Waals surface area (Å²) in [5, 5.41) is 10.9. The minimum Gasteiger partial charge on any atom is -0.480 e. The van der Waals surface area contributed by atoms with Gasteiger partial charge in [0, 0.05) is 6.04 Å². The monoisotopic (exact) mass is 200 g/mol. The standard InChI is InChI=1S/C8H12N2O4/c1-4(2)10-6(11)3-5(7(12)13)9-8(10)14/h4-5H,3H2,1-2H3,(H,9,14)(H,12,13)/t5-/m0/s1. The highest BCUT2D eigenvalue weighted by atomic mass is 16.4. The van der Waals surface area contributed by atoms with E-state index in [1.807, 2.05) is 0 Å². The first-order valence-electron chi connectivity index (χ1n) is 4.29. The molecule has 6 nitrogen and oxygen atoms in total. The van der Waals surface area contributed by atoms with Crippen LogP contribution in [0.25, 0.3) is 0 Å². The summed E-state index contributed by atoms with van der Waals surface area (Å²) in [7, 11) is 0. The van der Waals surface area contributed by atoms with Crippen LogP contribution in [0.3, 0.4) is 0 Å². The maximum Gasteiger partial charge on any atom is 0.326 e. The van der Waals surface area contributed by atoms with Gasteiger partial charge in [0.05, 0.1) is 6.42 Å². The van der Waals surface area contributed by atoms with Crippen molar-refractivity contribution in [3.63, 3.8) is 0 Å². The fourth-order valence-corrected chi connectivity index (χ4v) is 1.33. The molecule has 0 aromatic rings. The van der Waals surface area contributed by atoms with Gasteiger partial charge in [0.25, 0.3) is 0 Å². The molecule has 14 heavy (non-hydrogen) atoms. The molecular formula is C8H12N2O4. The van der Waals surface area contributed by atoms with Crippen molar-refractivity contribution >= 4 is 17.9 Å². The third-order valence-corrected chi connectivity index (χ3v) is 1.98. The number of rotatable bonds is 2. The molecule has 0 aromatic heterocycles. The fraction of sp³-hybridized carbons (Fsp3) is 0.625. The van der Waals surface area contributed by atoms with Crippen LogP contribution in [0.5, 0.6) is 0 Å². The number of amides is 3. The number of hydrogen-bond acceptors (Lipinski definition) is 3. The minimum absolute atomic E-state index is 0.181. The van der Waals surface area contributed by atoms with E-state index in [9.17, 15) is 14.4 Å². The lowest BCUT2D eigenvalue weighted by Gasteiger charge is -2.31. The summed E-state index contributed by atoms with van der Waals surface area (Å²) in [4.78, 5) is 34.2. The highest BCUT2D eigenvalue weighted by Crippen LogP contribution is 2.10. The van der Waals surface area contributed by atoms with E-state index >= 15 is 0 Å². The summed E-state index contributed by atoms with van der Waals surface area (Å²) in [5.74, 6) is -1.63. The van der Waals surface area contributed by atoms with Crippen molar-refractivity contribution in [1.82, 2.24) is 10.2 Å². The third kappa shape index (κ3) is 1.84. The number of aliphatic carboxylic acids is 1. The average molecular weight is 200 g/mol. The minimum atomic E-state index is -1.19. The van der Waals surface area contributed by atoms with Crippen LogP contribution in [0.2, 0.25) is 0 Å². The van der Waals surface area contributed by atoms with Gasteiger partial charge in [0.2, 0.25) is 5.91 Å². The Morgan fingerprint density at radius 3 is 2.50 bits per heavy atom. The van der Waals surface area contributed by atoms with Gasteiger partial charge in [-0.15, -0.1) is 0 Å². The van der Waals surface area contributed by atoms with Crippen LogP contribution in [0.1, 0.15) is 20.3 Å². The Kier molecular flexibility index (Phi) is 2.73. The predicted molar refractivity (Wildman–Crippen MR) is 46.6 cm³/mol. The Labute approximate surface area is 80.9 Å². The average Bonchev–Trinajstić information content (AvgIpc) is 2.01. The van der Waals surface area contributed by atoms with Crippen LogP contribution in [0.4, 0.5) is 4.79 Å². The summed E-state index contributed by atoms with van der Waals surface area (Å²) in [6.45, 7) is 3.39. The van der Waals surface area contributed by atoms with Crippen LogP contribution < -0.4 is 5.32 Å². The van der Waals surface area contributed by atoms with E-state index < -0.39 is 23.9 Å². The summed E-state index contributed by atoms with van der Waals surface area (Å²) in [6, 6.07) is -1.98. The molecule has 1 heterocycles. The Morgan fingerprint density at radius 2 is 2.14 bits per heavy atom. The molecule has 0 bridgehead atoms. The van der Waals surface area contributed by atoms with Gasteiger partial charge in [-0.2, -0.15) is 0 Å². The fourth-order valence-electron chi connectivity index (χ4n) is 1.33. The van der Waals surface area contributed by atoms with Crippen molar-refractivity contribution in [3.8, 4) is 0 Å². The van der Waals surface area contributed by atoms with Gasteiger partial charge in [0.1, 0.15) is 6.04 Å². The number of urea groups is 1. The number of carbonyl (C=O) groups is 3. The Balaban J connectivity index is 2.78. The summed E-state index contributed by atoms with van der Waals surface area (Å²) in [6.07, 6.45) is -0.181. The zero-order chi connectivity index (χ0) is 10.9. The largest absolute Gasteiger partial charge is 0.480 e. The molecule has 78 valence electrons. The third-order valence-electron chi connectivity index (χ3n) is 1.98. The van der Waals surface area contributed by atoms with Crippen molar-refractivity contribution in [2.75, 3.05) is 0 Å². The number of carbonyl (C=O) groups excluding carboxylic acids is 2. The Bertz CT molecular complexity index is 269. The number of nitrogens with zero attached hydrogens (tertiary/aromatic N) is 1. The van der Waals surface area contributed by atoms with Crippen LogP contribution in [0.15, 0.2) is 0 Å². The zero-order valence-electron chi connectivity index (χ0n) is 7.98. The second-order valence-corrected chi connectivity index (χ2v) is 3.40. The molecular weight excluding hydrogens is 188 g/mol. The molecule has 0 aliphatic carbocycles. The SMILES string of the molecule is CC(C)N1C(=O)C[C@@H](C(=O)O)NC1=O. The zero-order valence-corrected chi connectivity index (χ0v) is 7.98. The van der Waals surface area contributed by atoms with Crippen molar-refractivity contribution in [2.24, 2.45) is 0 Å².